The maximum Gasteiger partial charge on any atom is 0.123 e. The Hall–Kier alpha value is -1.24. The Morgan fingerprint density at radius 2 is 1.53 bits per heavy atom. The molecule has 0 atom stereocenters. The zero-order chi connectivity index (χ0) is 12.8. The second-order valence-corrected chi connectivity index (χ2v) is 6.43. The molecule has 0 aliphatic heterocycles. The minimum atomic E-state index is 0.155. The van der Waals surface area contributed by atoms with E-state index in [1.807, 2.05) is 6.07 Å². The van der Waals surface area contributed by atoms with Crippen LogP contribution in [0.15, 0.2) is 18.7 Å². The summed E-state index contributed by atoms with van der Waals surface area (Å²) in [5.41, 5.74) is 3.84. The largest absolute Gasteiger partial charge is 0.507 e. The van der Waals surface area contributed by atoms with Crippen molar-refractivity contribution in [1.29, 1.82) is 0 Å². The fourth-order valence-electron chi connectivity index (χ4n) is 2.78. The lowest BCUT2D eigenvalue weighted by Crippen LogP contribution is -2.33. The first-order valence-corrected chi connectivity index (χ1v) is 6.28. The third-order valence-corrected chi connectivity index (χ3v) is 4.22. The van der Waals surface area contributed by atoms with E-state index in [1.165, 1.54) is 24.0 Å². The fourth-order valence-corrected chi connectivity index (χ4v) is 2.78. The number of aromatic hydroxyl groups is 1. The van der Waals surface area contributed by atoms with Gasteiger partial charge in [0.1, 0.15) is 5.75 Å². The zero-order valence-corrected chi connectivity index (χ0v) is 11.3. The van der Waals surface area contributed by atoms with E-state index in [4.69, 9.17) is 0 Å². The smallest absolute Gasteiger partial charge is 0.123 e. The summed E-state index contributed by atoms with van der Waals surface area (Å²) in [6, 6.07) is 4.05. The van der Waals surface area contributed by atoms with E-state index in [-0.39, 0.29) is 10.8 Å². The van der Waals surface area contributed by atoms with Gasteiger partial charge in [0.05, 0.1) is 0 Å². The van der Waals surface area contributed by atoms with Crippen LogP contribution in [0.2, 0.25) is 0 Å². The van der Waals surface area contributed by atoms with Crippen molar-refractivity contribution in [2.75, 3.05) is 0 Å². The fraction of sp³-hybridized carbons (Fsp3) is 0.500. The van der Waals surface area contributed by atoms with Gasteiger partial charge in [0.2, 0.25) is 0 Å². The third-order valence-electron chi connectivity index (χ3n) is 4.22. The van der Waals surface area contributed by atoms with Gasteiger partial charge in [0, 0.05) is 5.56 Å². The van der Waals surface area contributed by atoms with E-state index in [9.17, 15) is 5.11 Å². The molecule has 0 amide bonds. The molecule has 0 aromatic heterocycles. The molecular formula is C16H22O. The summed E-state index contributed by atoms with van der Waals surface area (Å²) in [4.78, 5) is 0. The van der Waals surface area contributed by atoms with Crippen molar-refractivity contribution in [3.8, 4) is 5.75 Å². The van der Waals surface area contributed by atoms with Gasteiger partial charge in [-0.05, 0) is 46.9 Å². The third kappa shape index (κ3) is 1.88. The first kappa shape index (κ1) is 12.2. The van der Waals surface area contributed by atoms with Crippen molar-refractivity contribution in [2.24, 2.45) is 0 Å². The molecule has 1 nitrogen and oxygen atoms in total. The molecule has 92 valence electrons. The van der Waals surface area contributed by atoms with Gasteiger partial charge in [-0.25, -0.2) is 0 Å². The van der Waals surface area contributed by atoms with Crippen LogP contribution >= 0.6 is 0 Å². The van der Waals surface area contributed by atoms with Crippen LogP contribution in [-0.2, 0) is 10.8 Å². The van der Waals surface area contributed by atoms with Gasteiger partial charge >= 0.3 is 0 Å². The summed E-state index contributed by atoms with van der Waals surface area (Å²) in [6.07, 6.45) is 4.08. The van der Waals surface area contributed by atoms with Crippen LogP contribution in [0.25, 0.3) is 6.08 Å². The highest BCUT2D eigenvalue weighted by molar-refractivity contribution is 5.60. The van der Waals surface area contributed by atoms with Crippen LogP contribution in [0, 0.1) is 0 Å². The summed E-state index contributed by atoms with van der Waals surface area (Å²) in [5, 5.41) is 10.00. The van der Waals surface area contributed by atoms with Crippen molar-refractivity contribution >= 4 is 6.08 Å². The molecule has 0 saturated heterocycles. The lowest BCUT2D eigenvalue weighted by Gasteiger charge is -2.42. The van der Waals surface area contributed by atoms with Crippen LogP contribution in [0.5, 0.6) is 5.75 Å². The molecular weight excluding hydrogens is 208 g/mol. The molecule has 0 radical (unpaired) electrons. The average molecular weight is 230 g/mol. The van der Waals surface area contributed by atoms with Crippen LogP contribution in [0.4, 0.5) is 0 Å². The second-order valence-electron chi connectivity index (χ2n) is 6.43. The molecule has 1 aliphatic rings. The van der Waals surface area contributed by atoms with E-state index < -0.39 is 0 Å². The highest BCUT2D eigenvalue weighted by Crippen LogP contribution is 2.47. The first-order chi connectivity index (χ1) is 7.78. The van der Waals surface area contributed by atoms with Crippen molar-refractivity contribution in [1.82, 2.24) is 0 Å². The van der Waals surface area contributed by atoms with Gasteiger partial charge in [-0.3, -0.25) is 0 Å². The standard InChI is InChI=1S/C16H22O/c1-6-11-9-12-13(10-14(11)17)16(4,5)8-7-15(12,2)3/h6,9-10,17H,1,7-8H2,2-5H3. The zero-order valence-electron chi connectivity index (χ0n) is 11.3. The van der Waals surface area contributed by atoms with Gasteiger partial charge < -0.3 is 5.11 Å². The Labute approximate surface area is 104 Å². The minimum Gasteiger partial charge on any atom is -0.507 e. The summed E-state index contributed by atoms with van der Waals surface area (Å²) in [5.74, 6) is 0.351. The van der Waals surface area contributed by atoms with Gasteiger partial charge in [0.15, 0.2) is 0 Å². The molecule has 0 bridgehead atoms. The molecule has 1 N–H and O–H groups in total. The van der Waals surface area contributed by atoms with Crippen molar-refractivity contribution in [3.05, 3.63) is 35.4 Å². The van der Waals surface area contributed by atoms with Crippen molar-refractivity contribution in [3.63, 3.8) is 0 Å². The Kier molecular flexibility index (Phi) is 2.61. The van der Waals surface area contributed by atoms with E-state index in [2.05, 4.69) is 40.3 Å². The molecule has 1 aliphatic carbocycles. The lowest BCUT2D eigenvalue weighted by atomic mass is 9.63. The van der Waals surface area contributed by atoms with E-state index >= 15 is 0 Å². The predicted octanol–water partition coefficient (Wildman–Crippen LogP) is 4.38. The first-order valence-electron chi connectivity index (χ1n) is 6.28. The number of phenols is 1. The minimum absolute atomic E-state index is 0.155. The van der Waals surface area contributed by atoms with E-state index in [0.717, 1.165) is 5.56 Å². The number of benzene rings is 1. The molecule has 1 heteroatoms. The molecule has 2 rings (SSSR count). The molecule has 17 heavy (non-hydrogen) atoms. The van der Waals surface area contributed by atoms with Crippen LogP contribution in [-0.4, -0.2) is 5.11 Å². The maximum atomic E-state index is 10.00. The van der Waals surface area contributed by atoms with Crippen molar-refractivity contribution < 1.29 is 5.11 Å². The Morgan fingerprint density at radius 3 is 2.00 bits per heavy atom. The highest BCUT2D eigenvalue weighted by Gasteiger charge is 2.37. The highest BCUT2D eigenvalue weighted by atomic mass is 16.3. The SMILES string of the molecule is C=Cc1cc2c(cc1O)C(C)(C)CCC2(C)C. The number of fused-ring (bicyclic) bond motifs is 1. The number of rotatable bonds is 1. The molecule has 0 saturated carbocycles. The van der Waals surface area contributed by atoms with E-state index in [0.29, 0.717) is 5.75 Å². The predicted molar refractivity (Wildman–Crippen MR) is 73.5 cm³/mol. The normalized spacial score (nSPS) is 20.7. The number of phenolic OH excluding ortho intramolecular Hbond substituents is 1. The van der Waals surface area contributed by atoms with Crippen molar-refractivity contribution in [2.45, 2.75) is 51.4 Å². The number of hydrogen-bond acceptors (Lipinski definition) is 1. The molecule has 0 spiro atoms. The summed E-state index contributed by atoms with van der Waals surface area (Å²) in [6.45, 7) is 12.8. The van der Waals surface area contributed by atoms with Gasteiger partial charge in [-0.15, -0.1) is 0 Å². The molecule has 0 unspecified atom stereocenters. The molecule has 1 aromatic rings. The summed E-state index contributed by atoms with van der Waals surface area (Å²) < 4.78 is 0. The van der Waals surface area contributed by atoms with E-state index in [1.54, 1.807) is 6.08 Å². The van der Waals surface area contributed by atoms with Crippen LogP contribution < -0.4 is 0 Å². The maximum absolute atomic E-state index is 10.00. The molecule has 0 fully saturated rings. The van der Waals surface area contributed by atoms with Gasteiger partial charge in [-0.2, -0.15) is 0 Å². The van der Waals surface area contributed by atoms with Gasteiger partial charge in [0.25, 0.3) is 0 Å². The van der Waals surface area contributed by atoms with Gasteiger partial charge in [-0.1, -0.05) is 40.3 Å². The van der Waals surface area contributed by atoms with Crippen LogP contribution in [0.1, 0.15) is 57.2 Å². The topological polar surface area (TPSA) is 20.2 Å². The molecule has 1 aromatic carbocycles. The Morgan fingerprint density at radius 1 is 1.06 bits per heavy atom. The van der Waals surface area contributed by atoms with Crippen LogP contribution in [0.3, 0.4) is 0 Å². The Bertz CT molecular complexity index is 467. The summed E-state index contributed by atoms with van der Waals surface area (Å²) in [7, 11) is 0. The lowest BCUT2D eigenvalue weighted by molar-refractivity contribution is 0.329. The quantitative estimate of drug-likeness (QED) is 0.759. The summed E-state index contributed by atoms with van der Waals surface area (Å²) >= 11 is 0. The number of hydrogen-bond donors (Lipinski definition) is 1. The average Bonchev–Trinajstić information content (AvgIpc) is 2.24. The second kappa shape index (κ2) is 3.63. The Balaban J connectivity index is 2.72. The monoisotopic (exact) mass is 230 g/mol. The molecule has 0 heterocycles.